The molecule has 0 radical (unpaired) electrons. The standard InChI is InChI=1S/C12H16BrN5/c1-8-6-17(4-3-10(8)13)11-5-9(2)16-12-14-7-15-18(11)12/h5,7-8,10H,3-4,6H2,1-2H3. The molecule has 6 heteroatoms. The van der Waals surface area contributed by atoms with Crippen molar-refractivity contribution in [2.75, 3.05) is 18.0 Å². The number of anilines is 1. The molecule has 5 nitrogen and oxygen atoms in total. The number of fused-ring (bicyclic) bond motifs is 1. The summed E-state index contributed by atoms with van der Waals surface area (Å²) >= 11 is 3.74. The van der Waals surface area contributed by atoms with Gasteiger partial charge in [0, 0.05) is 29.7 Å². The first-order chi connectivity index (χ1) is 8.65. The van der Waals surface area contributed by atoms with Crippen LogP contribution in [0.25, 0.3) is 5.78 Å². The van der Waals surface area contributed by atoms with Gasteiger partial charge < -0.3 is 4.90 Å². The van der Waals surface area contributed by atoms with Crippen molar-refractivity contribution in [1.29, 1.82) is 0 Å². The molecule has 0 aliphatic carbocycles. The van der Waals surface area contributed by atoms with Crippen LogP contribution in [0, 0.1) is 12.8 Å². The van der Waals surface area contributed by atoms with Crippen molar-refractivity contribution in [1.82, 2.24) is 19.6 Å². The average Bonchev–Trinajstić information content (AvgIpc) is 2.79. The third kappa shape index (κ3) is 1.98. The molecule has 96 valence electrons. The molecule has 1 saturated heterocycles. The zero-order chi connectivity index (χ0) is 12.7. The first-order valence-corrected chi connectivity index (χ1v) is 7.13. The van der Waals surface area contributed by atoms with Gasteiger partial charge in [0.05, 0.1) is 0 Å². The van der Waals surface area contributed by atoms with E-state index in [0.29, 0.717) is 16.5 Å². The highest BCUT2D eigenvalue weighted by Crippen LogP contribution is 2.27. The van der Waals surface area contributed by atoms with Crippen LogP contribution in [0.5, 0.6) is 0 Å². The Balaban J connectivity index is 2.01. The van der Waals surface area contributed by atoms with Crippen molar-refractivity contribution in [3.63, 3.8) is 0 Å². The highest BCUT2D eigenvalue weighted by atomic mass is 79.9. The summed E-state index contributed by atoms with van der Waals surface area (Å²) in [6.45, 7) is 6.35. The Hall–Kier alpha value is -1.17. The van der Waals surface area contributed by atoms with E-state index in [9.17, 15) is 0 Å². The summed E-state index contributed by atoms with van der Waals surface area (Å²) in [5.41, 5.74) is 0.985. The molecule has 3 heterocycles. The molecule has 1 fully saturated rings. The Morgan fingerprint density at radius 2 is 2.28 bits per heavy atom. The second kappa shape index (κ2) is 4.50. The molecule has 3 rings (SSSR count). The van der Waals surface area contributed by atoms with E-state index in [4.69, 9.17) is 0 Å². The molecule has 2 unspecified atom stereocenters. The number of aryl methyl sites for hydroxylation is 1. The van der Waals surface area contributed by atoms with Crippen molar-refractivity contribution < 1.29 is 0 Å². The van der Waals surface area contributed by atoms with Gasteiger partial charge in [-0.05, 0) is 19.3 Å². The van der Waals surface area contributed by atoms with Crippen LogP contribution in [-0.2, 0) is 0 Å². The Morgan fingerprint density at radius 1 is 1.44 bits per heavy atom. The maximum Gasteiger partial charge on any atom is 0.254 e. The quantitative estimate of drug-likeness (QED) is 0.756. The maximum atomic E-state index is 4.38. The lowest BCUT2D eigenvalue weighted by atomic mass is 10.0. The Kier molecular flexibility index (Phi) is 2.97. The first-order valence-electron chi connectivity index (χ1n) is 6.21. The Bertz CT molecular complexity index is 567. The summed E-state index contributed by atoms with van der Waals surface area (Å²) in [5.74, 6) is 2.41. The highest BCUT2D eigenvalue weighted by molar-refractivity contribution is 9.09. The van der Waals surface area contributed by atoms with Crippen LogP contribution < -0.4 is 4.90 Å². The van der Waals surface area contributed by atoms with E-state index < -0.39 is 0 Å². The van der Waals surface area contributed by atoms with E-state index >= 15 is 0 Å². The summed E-state index contributed by atoms with van der Waals surface area (Å²) in [5, 5.41) is 4.27. The molecule has 0 bridgehead atoms. The fourth-order valence-electron chi connectivity index (χ4n) is 2.46. The van der Waals surface area contributed by atoms with Gasteiger partial charge in [-0.3, -0.25) is 0 Å². The summed E-state index contributed by atoms with van der Waals surface area (Å²) in [7, 11) is 0. The lowest BCUT2D eigenvalue weighted by molar-refractivity contribution is 0.461. The van der Waals surface area contributed by atoms with Gasteiger partial charge in [-0.25, -0.2) is 4.98 Å². The third-order valence-corrected chi connectivity index (χ3v) is 4.85. The summed E-state index contributed by atoms with van der Waals surface area (Å²) in [6.07, 6.45) is 2.71. The topological polar surface area (TPSA) is 46.3 Å². The zero-order valence-electron chi connectivity index (χ0n) is 10.5. The molecule has 0 amide bonds. The van der Waals surface area contributed by atoms with Gasteiger partial charge in [-0.2, -0.15) is 14.6 Å². The average molecular weight is 310 g/mol. The van der Waals surface area contributed by atoms with E-state index in [1.807, 2.05) is 11.4 Å². The van der Waals surface area contributed by atoms with Crippen LogP contribution in [0.3, 0.4) is 0 Å². The van der Waals surface area contributed by atoms with Crippen molar-refractivity contribution in [3.8, 4) is 0 Å². The van der Waals surface area contributed by atoms with E-state index in [1.165, 1.54) is 0 Å². The van der Waals surface area contributed by atoms with Gasteiger partial charge in [0.25, 0.3) is 5.78 Å². The van der Waals surface area contributed by atoms with Crippen LogP contribution in [0.2, 0.25) is 0 Å². The smallest absolute Gasteiger partial charge is 0.254 e. The molecule has 0 N–H and O–H groups in total. The molecule has 2 atom stereocenters. The van der Waals surface area contributed by atoms with E-state index in [1.54, 1.807) is 6.33 Å². The second-order valence-corrected chi connectivity index (χ2v) is 6.13. The number of halogens is 1. The monoisotopic (exact) mass is 309 g/mol. The van der Waals surface area contributed by atoms with E-state index in [-0.39, 0.29) is 0 Å². The zero-order valence-corrected chi connectivity index (χ0v) is 12.1. The van der Waals surface area contributed by atoms with Crippen molar-refractivity contribution in [3.05, 3.63) is 18.1 Å². The Morgan fingerprint density at radius 3 is 3.06 bits per heavy atom. The molecule has 18 heavy (non-hydrogen) atoms. The van der Waals surface area contributed by atoms with Gasteiger partial charge in [-0.15, -0.1) is 0 Å². The van der Waals surface area contributed by atoms with Crippen molar-refractivity contribution in [2.24, 2.45) is 5.92 Å². The Labute approximate surface area is 114 Å². The molecule has 1 aliphatic rings. The fraction of sp³-hybridized carbons (Fsp3) is 0.583. The van der Waals surface area contributed by atoms with Crippen LogP contribution in [0.4, 0.5) is 5.82 Å². The van der Waals surface area contributed by atoms with Gasteiger partial charge >= 0.3 is 0 Å². The number of nitrogens with zero attached hydrogens (tertiary/aromatic N) is 5. The second-order valence-electron chi connectivity index (χ2n) is 4.96. The molecular weight excluding hydrogens is 294 g/mol. The van der Waals surface area contributed by atoms with Crippen LogP contribution in [0.15, 0.2) is 12.4 Å². The van der Waals surface area contributed by atoms with Crippen LogP contribution in [0.1, 0.15) is 19.0 Å². The lowest BCUT2D eigenvalue weighted by Gasteiger charge is -2.35. The lowest BCUT2D eigenvalue weighted by Crippen LogP contribution is -2.40. The van der Waals surface area contributed by atoms with Crippen LogP contribution in [-0.4, -0.2) is 37.5 Å². The minimum Gasteiger partial charge on any atom is -0.356 e. The minimum absolute atomic E-state index is 0.614. The van der Waals surface area contributed by atoms with Gasteiger partial charge in [0.15, 0.2) is 0 Å². The van der Waals surface area contributed by atoms with Crippen LogP contribution >= 0.6 is 15.9 Å². The minimum atomic E-state index is 0.614. The number of piperidine rings is 1. The van der Waals surface area contributed by atoms with Gasteiger partial charge in [0.2, 0.25) is 0 Å². The summed E-state index contributed by atoms with van der Waals surface area (Å²) in [4.78, 5) is 11.5. The number of rotatable bonds is 1. The first kappa shape index (κ1) is 11.9. The molecule has 2 aromatic heterocycles. The molecule has 0 saturated carbocycles. The summed E-state index contributed by atoms with van der Waals surface area (Å²) in [6, 6.07) is 2.09. The fourth-order valence-corrected chi connectivity index (χ4v) is 2.83. The highest BCUT2D eigenvalue weighted by Gasteiger charge is 2.25. The largest absolute Gasteiger partial charge is 0.356 e. The normalized spacial score (nSPS) is 24.7. The third-order valence-electron chi connectivity index (χ3n) is 3.49. The number of aromatic nitrogens is 4. The molecule has 2 aromatic rings. The van der Waals surface area contributed by atoms with Crippen molar-refractivity contribution in [2.45, 2.75) is 25.1 Å². The van der Waals surface area contributed by atoms with Gasteiger partial charge in [-0.1, -0.05) is 22.9 Å². The molecular formula is C12H16BrN5. The molecule has 1 aliphatic heterocycles. The maximum absolute atomic E-state index is 4.38. The predicted molar refractivity (Wildman–Crippen MR) is 74.2 cm³/mol. The van der Waals surface area contributed by atoms with E-state index in [2.05, 4.69) is 48.9 Å². The molecule has 0 aromatic carbocycles. The molecule has 0 spiro atoms. The number of alkyl halides is 1. The summed E-state index contributed by atoms with van der Waals surface area (Å²) < 4.78 is 1.83. The van der Waals surface area contributed by atoms with E-state index in [0.717, 1.165) is 31.0 Å². The predicted octanol–water partition coefficient (Wildman–Crippen LogP) is 2.04. The van der Waals surface area contributed by atoms with Gasteiger partial charge in [0.1, 0.15) is 12.1 Å². The SMILES string of the molecule is Cc1cc(N2CCC(Br)C(C)C2)n2ncnc2n1. The number of hydrogen-bond donors (Lipinski definition) is 0. The number of hydrogen-bond acceptors (Lipinski definition) is 4. The van der Waals surface area contributed by atoms with Crippen molar-refractivity contribution >= 4 is 27.5 Å².